The highest BCUT2D eigenvalue weighted by atomic mass is 15.2. The number of rotatable bonds is 3. The summed E-state index contributed by atoms with van der Waals surface area (Å²) in [7, 11) is 4.42. The number of nitrogens with zero attached hydrogens (tertiary/aromatic N) is 2. The Hall–Kier alpha value is -0.120. The van der Waals surface area contributed by atoms with Crippen molar-refractivity contribution in [3.8, 4) is 0 Å². The summed E-state index contributed by atoms with van der Waals surface area (Å²) >= 11 is 0. The summed E-state index contributed by atoms with van der Waals surface area (Å²) in [6, 6.07) is 1.21. The number of likely N-dealkylation sites (tertiary alicyclic amines) is 1. The fourth-order valence-corrected chi connectivity index (χ4v) is 3.73. The predicted molar refractivity (Wildman–Crippen MR) is 73.0 cm³/mol. The second kappa shape index (κ2) is 5.68. The topological polar surface area (TPSA) is 32.5 Å². The van der Waals surface area contributed by atoms with Crippen LogP contribution < -0.4 is 5.73 Å². The van der Waals surface area contributed by atoms with Gasteiger partial charge in [0, 0.05) is 31.7 Å². The highest BCUT2D eigenvalue weighted by molar-refractivity contribution is 4.88. The molecule has 100 valence electrons. The van der Waals surface area contributed by atoms with Crippen molar-refractivity contribution in [1.29, 1.82) is 0 Å². The summed E-state index contributed by atoms with van der Waals surface area (Å²) in [5.74, 6) is 1.66. The van der Waals surface area contributed by atoms with Gasteiger partial charge in [0.1, 0.15) is 0 Å². The largest absolute Gasteiger partial charge is 0.328 e. The zero-order chi connectivity index (χ0) is 12.4. The first-order chi connectivity index (χ1) is 8.06. The molecule has 1 saturated heterocycles. The van der Waals surface area contributed by atoms with Gasteiger partial charge in [0.05, 0.1) is 0 Å². The van der Waals surface area contributed by atoms with E-state index in [1.54, 1.807) is 0 Å². The van der Waals surface area contributed by atoms with Crippen LogP contribution in [0.25, 0.3) is 0 Å². The van der Waals surface area contributed by atoms with Gasteiger partial charge in [-0.05, 0) is 45.2 Å². The number of nitrogens with two attached hydrogens (primary N) is 1. The van der Waals surface area contributed by atoms with Crippen LogP contribution >= 0.6 is 0 Å². The maximum absolute atomic E-state index is 6.08. The van der Waals surface area contributed by atoms with Crippen LogP contribution in [0, 0.1) is 11.8 Å². The van der Waals surface area contributed by atoms with Crippen LogP contribution in [0.5, 0.6) is 0 Å². The van der Waals surface area contributed by atoms with Gasteiger partial charge in [0.15, 0.2) is 0 Å². The second-order valence-corrected chi connectivity index (χ2v) is 6.52. The minimum Gasteiger partial charge on any atom is -0.328 e. The molecule has 0 aromatic heterocycles. The van der Waals surface area contributed by atoms with Crippen LogP contribution in [-0.4, -0.2) is 55.6 Å². The second-order valence-electron chi connectivity index (χ2n) is 6.52. The van der Waals surface area contributed by atoms with Crippen LogP contribution in [0.15, 0.2) is 0 Å². The summed E-state index contributed by atoms with van der Waals surface area (Å²) < 4.78 is 0. The molecule has 17 heavy (non-hydrogen) atoms. The van der Waals surface area contributed by atoms with Crippen molar-refractivity contribution in [1.82, 2.24) is 9.80 Å². The molecule has 0 radical (unpaired) electrons. The molecule has 0 spiro atoms. The van der Waals surface area contributed by atoms with E-state index >= 15 is 0 Å². The van der Waals surface area contributed by atoms with Crippen LogP contribution in [0.4, 0.5) is 0 Å². The van der Waals surface area contributed by atoms with Crippen LogP contribution in [0.1, 0.15) is 32.6 Å². The average Bonchev–Trinajstić information content (AvgIpc) is 2.59. The molecule has 0 aromatic rings. The molecule has 2 rings (SSSR count). The Bertz CT molecular complexity index is 242. The molecule has 3 nitrogen and oxygen atoms in total. The van der Waals surface area contributed by atoms with Crippen molar-refractivity contribution in [2.75, 3.05) is 33.7 Å². The summed E-state index contributed by atoms with van der Waals surface area (Å²) in [6.45, 7) is 6.19. The normalized spacial score (nSPS) is 40.1. The maximum Gasteiger partial charge on any atom is 0.0254 e. The SMILES string of the molecule is CC1CN(CC2CCCC(N)C2)CC1N(C)C. The zero-order valence-electron chi connectivity index (χ0n) is 11.7. The number of likely N-dealkylation sites (N-methyl/N-ethyl adjacent to an activating group) is 1. The van der Waals surface area contributed by atoms with Gasteiger partial charge in [-0.15, -0.1) is 0 Å². The van der Waals surface area contributed by atoms with E-state index in [4.69, 9.17) is 5.73 Å². The number of hydrogen-bond acceptors (Lipinski definition) is 3. The van der Waals surface area contributed by atoms with Crippen LogP contribution in [0.2, 0.25) is 0 Å². The van der Waals surface area contributed by atoms with E-state index in [2.05, 4.69) is 30.8 Å². The van der Waals surface area contributed by atoms with E-state index in [1.807, 2.05) is 0 Å². The highest BCUT2D eigenvalue weighted by Crippen LogP contribution is 2.27. The molecule has 0 bridgehead atoms. The van der Waals surface area contributed by atoms with Gasteiger partial charge in [-0.25, -0.2) is 0 Å². The third-order valence-corrected chi connectivity index (χ3v) is 4.65. The number of hydrogen-bond donors (Lipinski definition) is 1. The van der Waals surface area contributed by atoms with Crippen molar-refractivity contribution >= 4 is 0 Å². The lowest BCUT2D eigenvalue weighted by molar-refractivity contribution is 0.206. The zero-order valence-corrected chi connectivity index (χ0v) is 11.7. The lowest BCUT2D eigenvalue weighted by atomic mass is 9.86. The molecule has 3 heteroatoms. The molecule has 1 heterocycles. The van der Waals surface area contributed by atoms with Gasteiger partial charge in [0.2, 0.25) is 0 Å². The molecule has 0 amide bonds. The van der Waals surface area contributed by atoms with Gasteiger partial charge < -0.3 is 15.5 Å². The molecule has 1 saturated carbocycles. The van der Waals surface area contributed by atoms with E-state index in [1.165, 1.54) is 45.3 Å². The Morgan fingerprint density at radius 1 is 1.24 bits per heavy atom. The van der Waals surface area contributed by atoms with Crippen molar-refractivity contribution in [3.05, 3.63) is 0 Å². The van der Waals surface area contributed by atoms with E-state index < -0.39 is 0 Å². The summed E-state index contributed by atoms with van der Waals surface area (Å²) in [5, 5.41) is 0. The smallest absolute Gasteiger partial charge is 0.0254 e. The molecule has 2 N–H and O–H groups in total. The molecule has 2 fully saturated rings. The van der Waals surface area contributed by atoms with Gasteiger partial charge in [-0.2, -0.15) is 0 Å². The highest BCUT2D eigenvalue weighted by Gasteiger charge is 2.32. The summed E-state index contributed by atoms with van der Waals surface area (Å²) in [5.41, 5.74) is 6.08. The van der Waals surface area contributed by atoms with Gasteiger partial charge in [-0.1, -0.05) is 13.3 Å². The first kappa shape index (κ1) is 13.3. The summed E-state index contributed by atoms with van der Waals surface area (Å²) in [6.07, 6.45) is 5.22. The first-order valence-electron chi connectivity index (χ1n) is 7.20. The molecule has 1 aliphatic heterocycles. The molecule has 4 unspecified atom stereocenters. The molecule has 1 aliphatic carbocycles. The average molecular weight is 239 g/mol. The van der Waals surface area contributed by atoms with Gasteiger partial charge in [0.25, 0.3) is 0 Å². The Labute approximate surface area is 106 Å². The minimum absolute atomic E-state index is 0.471. The Morgan fingerprint density at radius 3 is 2.59 bits per heavy atom. The van der Waals surface area contributed by atoms with E-state index in [0.717, 1.165) is 17.9 Å². The minimum atomic E-state index is 0.471. The first-order valence-corrected chi connectivity index (χ1v) is 7.20. The van der Waals surface area contributed by atoms with Crippen molar-refractivity contribution in [2.45, 2.75) is 44.7 Å². The molecular weight excluding hydrogens is 210 g/mol. The Morgan fingerprint density at radius 2 is 2.00 bits per heavy atom. The van der Waals surface area contributed by atoms with E-state index in [9.17, 15) is 0 Å². The van der Waals surface area contributed by atoms with Crippen molar-refractivity contribution in [3.63, 3.8) is 0 Å². The third-order valence-electron chi connectivity index (χ3n) is 4.65. The molecular formula is C14H29N3. The van der Waals surface area contributed by atoms with Gasteiger partial charge >= 0.3 is 0 Å². The molecule has 4 atom stereocenters. The summed E-state index contributed by atoms with van der Waals surface area (Å²) in [4.78, 5) is 5.05. The Balaban J connectivity index is 1.80. The lowest BCUT2D eigenvalue weighted by Crippen LogP contribution is -2.37. The predicted octanol–water partition coefficient (Wildman–Crippen LogP) is 1.39. The standard InChI is InChI=1S/C14H29N3/c1-11-8-17(10-14(11)16(2)3)9-12-5-4-6-13(15)7-12/h11-14H,4-10,15H2,1-3H3. The van der Waals surface area contributed by atoms with Crippen LogP contribution in [-0.2, 0) is 0 Å². The molecule has 0 aromatic carbocycles. The van der Waals surface area contributed by atoms with Crippen LogP contribution in [0.3, 0.4) is 0 Å². The Kier molecular flexibility index (Phi) is 4.45. The maximum atomic E-state index is 6.08. The third kappa shape index (κ3) is 3.43. The molecule has 2 aliphatic rings. The monoisotopic (exact) mass is 239 g/mol. The fraction of sp³-hybridized carbons (Fsp3) is 1.00. The quantitative estimate of drug-likeness (QED) is 0.808. The van der Waals surface area contributed by atoms with E-state index in [0.29, 0.717) is 6.04 Å². The van der Waals surface area contributed by atoms with Crippen molar-refractivity contribution < 1.29 is 0 Å². The van der Waals surface area contributed by atoms with Crippen molar-refractivity contribution in [2.24, 2.45) is 17.6 Å². The fourth-order valence-electron chi connectivity index (χ4n) is 3.73. The van der Waals surface area contributed by atoms with Gasteiger partial charge in [-0.3, -0.25) is 0 Å². The van der Waals surface area contributed by atoms with E-state index in [-0.39, 0.29) is 0 Å². The lowest BCUT2D eigenvalue weighted by Gasteiger charge is -2.30.